The highest BCUT2D eigenvalue weighted by atomic mass is 32.2. The van der Waals surface area contributed by atoms with Crippen LogP contribution in [0.25, 0.3) is 5.65 Å². The van der Waals surface area contributed by atoms with Crippen LogP contribution in [0.15, 0.2) is 30.6 Å². The highest BCUT2D eigenvalue weighted by Crippen LogP contribution is 2.05. The molecule has 0 amide bonds. The van der Waals surface area contributed by atoms with Crippen molar-refractivity contribution in [2.24, 2.45) is 0 Å². The van der Waals surface area contributed by atoms with Crippen LogP contribution in [-0.2, 0) is 16.4 Å². The summed E-state index contributed by atoms with van der Waals surface area (Å²) in [6, 6.07) is 5.80. The van der Waals surface area contributed by atoms with Gasteiger partial charge in [-0.15, -0.1) is 0 Å². The summed E-state index contributed by atoms with van der Waals surface area (Å²) < 4.78 is 23.9. The van der Waals surface area contributed by atoms with Gasteiger partial charge in [-0.05, 0) is 12.1 Å². The van der Waals surface area contributed by atoms with Crippen LogP contribution in [0.4, 0.5) is 0 Å². The highest BCUT2D eigenvalue weighted by Gasteiger charge is 2.03. The third kappa shape index (κ3) is 3.28. The number of imidazole rings is 1. The lowest BCUT2D eigenvalue weighted by Crippen LogP contribution is -2.22. The Kier molecular flexibility index (Phi) is 3.44. The monoisotopic (exact) mass is 253 g/mol. The number of hydrogen-bond donors (Lipinski definition) is 1. The van der Waals surface area contributed by atoms with Crippen LogP contribution in [0.3, 0.4) is 0 Å². The van der Waals surface area contributed by atoms with Gasteiger partial charge >= 0.3 is 0 Å². The molecule has 0 bridgehead atoms. The first kappa shape index (κ1) is 12.1. The lowest BCUT2D eigenvalue weighted by molar-refractivity contribution is 0.595. The van der Waals surface area contributed by atoms with Gasteiger partial charge in [0, 0.05) is 25.5 Å². The Hall–Kier alpha value is -1.40. The first-order valence-electron chi connectivity index (χ1n) is 5.36. The molecule has 0 radical (unpaired) electrons. The fourth-order valence-corrected chi connectivity index (χ4v) is 2.10. The Bertz CT molecular complexity index is 604. The fourth-order valence-electron chi connectivity index (χ4n) is 1.59. The number of nitrogens with one attached hydrogen (secondary N) is 1. The van der Waals surface area contributed by atoms with E-state index in [1.165, 1.54) is 6.26 Å². The second-order valence-electron chi connectivity index (χ2n) is 3.99. The molecule has 0 saturated heterocycles. The first-order chi connectivity index (χ1) is 8.06. The van der Waals surface area contributed by atoms with Crippen LogP contribution < -0.4 is 5.32 Å². The maximum absolute atomic E-state index is 10.9. The van der Waals surface area contributed by atoms with E-state index in [0.29, 0.717) is 13.1 Å². The molecule has 17 heavy (non-hydrogen) atoms. The molecule has 0 aliphatic rings. The number of hydrogen-bond acceptors (Lipinski definition) is 4. The van der Waals surface area contributed by atoms with Gasteiger partial charge in [-0.25, -0.2) is 13.4 Å². The van der Waals surface area contributed by atoms with Crippen molar-refractivity contribution in [1.82, 2.24) is 14.7 Å². The molecule has 0 fully saturated rings. The second kappa shape index (κ2) is 4.85. The van der Waals surface area contributed by atoms with Crippen LogP contribution >= 0.6 is 0 Å². The van der Waals surface area contributed by atoms with E-state index in [1.807, 2.05) is 28.8 Å². The summed E-state index contributed by atoms with van der Waals surface area (Å²) >= 11 is 0. The zero-order valence-electron chi connectivity index (χ0n) is 9.63. The van der Waals surface area contributed by atoms with Crippen molar-refractivity contribution in [3.05, 3.63) is 36.3 Å². The molecule has 2 aromatic heterocycles. The van der Waals surface area contributed by atoms with Gasteiger partial charge < -0.3 is 9.72 Å². The van der Waals surface area contributed by atoms with E-state index in [2.05, 4.69) is 10.3 Å². The predicted octanol–water partition coefficient (Wildman–Crippen LogP) is 0.468. The van der Waals surface area contributed by atoms with Crippen molar-refractivity contribution < 1.29 is 8.42 Å². The molecule has 92 valence electrons. The normalized spacial score (nSPS) is 12.1. The molecule has 0 aliphatic carbocycles. The molecule has 2 rings (SSSR count). The molecule has 6 heteroatoms. The first-order valence-corrected chi connectivity index (χ1v) is 7.42. The highest BCUT2D eigenvalue weighted by molar-refractivity contribution is 7.90. The summed E-state index contributed by atoms with van der Waals surface area (Å²) in [5, 5.41) is 3.10. The van der Waals surface area contributed by atoms with E-state index in [1.54, 1.807) is 6.20 Å². The fraction of sp³-hybridized carbons (Fsp3) is 0.364. The number of rotatable bonds is 5. The van der Waals surface area contributed by atoms with Crippen molar-refractivity contribution in [2.75, 3.05) is 18.6 Å². The van der Waals surface area contributed by atoms with E-state index < -0.39 is 9.84 Å². The number of sulfone groups is 1. The summed E-state index contributed by atoms with van der Waals surface area (Å²) in [6.07, 6.45) is 4.97. The Balaban J connectivity index is 1.96. The molecular formula is C11H15N3O2S. The van der Waals surface area contributed by atoms with Crippen LogP contribution in [0.5, 0.6) is 0 Å². The molecule has 2 aromatic rings. The van der Waals surface area contributed by atoms with Gasteiger partial charge in [0.1, 0.15) is 15.5 Å². The van der Waals surface area contributed by atoms with Crippen LogP contribution in [-0.4, -0.2) is 36.4 Å². The SMILES string of the molecule is CS(=O)(=O)CCNCc1cnc2ccccn12. The van der Waals surface area contributed by atoms with Crippen molar-refractivity contribution in [3.63, 3.8) is 0 Å². The zero-order chi connectivity index (χ0) is 12.3. The molecule has 0 unspecified atom stereocenters. The summed E-state index contributed by atoms with van der Waals surface area (Å²) in [5.41, 5.74) is 1.92. The molecule has 0 aromatic carbocycles. The van der Waals surface area contributed by atoms with E-state index in [-0.39, 0.29) is 5.75 Å². The molecular weight excluding hydrogens is 238 g/mol. The summed E-state index contributed by atoms with van der Waals surface area (Å²) in [7, 11) is -2.89. The quantitative estimate of drug-likeness (QED) is 0.787. The Labute approximate surface area is 100 Å². The molecule has 0 atom stereocenters. The Morgan fingerprint density at radius 3 is 3.00 bits per heavy atom. The van der Waals surface area contributed by atoms with Crippen molar-refractivity contribution in [1.29, 1.82) is 0 Å². The minimum Gasteiger partial charge on any atom is -0.310 e. The van der Waals surface area contributed by atoms with Crippen molar-refractivity contribution in [2.45, 2.75) is 6.54 Å². The van der Waals surface area contributed by atoms with E-state index in [4.69, 9.17) is 0 Å². The standard InChI is InChI=1S/C11H15N3O2S/c1-17(15,16)7-5-12-8-10-9-13-11-4-2-3-6-14(10)11/h2-4,6,9,12H,5,7-8H2,1H3. The summed E-state index contributed by atoms with van der Waals surface area (Å²) in [6.45, 7) is 1.07. The van der Waals surface area contributed by atoms with Gasteiger partial charge in [0.2, 0.25) is 0 Å². The maximum atomic E-state index is 10.9. The predicted molar refractivity (Wildman–Crippen MR) is 66.6 cm³/mol. The minimum atomic E-state index is -2.89. The van der Waals surface area contributed by atoms with E-state index >= 15 is 0 Å². The van der Waals surface area contributed by atoms with Crippen LogP contribution in [0.2, 0.25) is 0 Å². The number of fused-ring (bicyclic) bond motifs is 1. The average Bonchev–Trinajstić information content (AvgIpc) is 2.67. The lowest BCUT2D eigenvalue weighted by Gasteiger charge is -2.03. The van der Waals surface area contributed by atoms with Gasteiger partial charge in [0.25, 0.3) is 0 Å². The smallest absolute Gasteiger partial charge is 0.148 e. The van der Waals surface area contributed by atoms with Gasteiger partial charge in [-0.3, -0.25) is 0 Å². The van der Waals surface area contributed by atoms with Gasteiger partial charge in [0.15, 0.2) is 0 Å². The molecule has 2 heterocycles. The molecule has 0 saturated carbocycles. The van der Waals surface area contributed by atoms with Gasteiger partial charge in [-0.1, -0.05) is 6.07 Å². The summed E-state index contributed by atoms with van der Waals surface area (Å²) in [4.78, 5) is 4.25. The third-order valence-electron chi connectivity index (χ3n) is 2.45. The molecule has 0 spiro atoms. The molecule has 0 aliphatic heterocycles. The summed E-state index contributed by atoms with van der Waals surface area (Å²) in [5.74, 6) is 0.156. The number of pyridine rings is 1. The van der Waals surface area contributed by atoms with Gasteiger partial charge in [-0.2, -0.15) is 0 Å². The van der Waals surface area contributed by atoms with E-state index in [0.717, 1.165) is 11.3 Å². The molecule has 5 nitrogen and oxygen atoms in total. The van der Waals surface area contributed by atoms with Crippen LogP contribution in [0, 0.1) is 0 Å². The van der Waals surface area contributed by atoms with Gasteiger partial charge in [0.05, 0.1) is 17.6 Å². The largest absolute Gasteiger partial charge is 0.310 e. The third-order valence-corrected chi connectivity index (χ3v) is 3.40. The van der Waals surface area contributed by atoms with Crippen molar-refractivity contribution >= 4 is 15.5 Å². The van der Waals surface area contributed by atoms with Crippen molar-refractivity contribution in [3.8, 4) is 0 Å². The number of nitrogens with zero attached hydrogens (tertiary/aromatic N) is 2. The Morgan fingerprint density at radius 1 is 1.41 bits per heavy atom. The maximum Gasteiger partial charge on any atom is 0.148 e. The lowest BCUT2D eigenvalue weighted by atomic mass is 10.4. The number of aromatic nitrogens is 2. The minimum absolute atomic E-state index is 0.156. The Morgan fingerprint density at radius 2 is 2.24 bits per heavy atom. The van der Waals surface area contributed by atoms with E-state index in [9.17, 15) is 8.42 Å². The average molecular weight is 253 g/mol. The topological polar surface area (TPSA) is 63.5 Å². The zero-order valence-corrected chi connectivity index (χ0v) is 10.4. The second-order valence-corrected chi connectivity index (χ2v) is 6.24. The van der Waals surface area contributed by atoms with Crippen LogP contribution in [0.1, 0.15) is 5.69 Å². The molecule has 1 N–H and O–H groups in total.